The van der Waals surface area contributed by atoms with E-state index in [1.54, 1.807) is 54.5 Å². The molecule has 3 aromatic rings. The number of tetrazole rings is 1. The Morgan fingerprint density at radius 2 is 1.87 bits per heavy atom. The van der Waals surface area contributed by atoms with E-state index < -0.39 is 5.92 Å². The minimum atomic E-state index is -0.467. The van der Waals surface area contributed by atoms with E-state index >= 15 is 0 Å². The predicted octanol–water partition coefficient (Wildman–Crippen LogP) is 0.966. The Hall–Kier alpha value is -3.95. The molecule has 1 fully saturated rings. The van der Waals surface area contributed by atoms with Crippen molar-refractivity contribution in [2.75, 3.05) is 23.9 Å². The zero-order chi connectivity index (χ0) is 21.3. The van der Waals surface area contributed by atoms with Crippen LogP contribution in [-0.2, 0) is 16.6 Å². The number of aryl methyl sites for hydroxylation is 1. The third-order valence-corrected chi connectivity index (χ3v) is 4.96. The summed E-state index contributed by atoms with van der Waals surface area (Å²) in [6.07, 6.45) is 0.135. The highest BCUT2D eigenvalue weighted by Crippen LogP contribution is 2.28. The Balaban J connectivity index is 1.43. The van der Waals surface area contributed by atoms with Gasteiger partial charge in [-0.2, -0.15) is 9.36 Å². The van der Waals surface area contributed by atoms with Gasteiger partial charge in [-0.25, -0.2) is 4.79 Å². The van der Waals surface area contributed by atoms with Gasteiger partial charge in [-0.3, -0.25) is 9.59 Å². The molecule has 1 saturated heterocycles. The first-order valence-corrected chi connectivity index (χ1v) is 9.31. The molecule has 1 N–H and O–H groups in total. The van der Waals surface area contributed by atoms with E-state index in [1.807, 2.05) is 6.07 Å². The average molecular weight is 408 g/mol. The first-order chi connectivity index (χ1) is 14.5. The maximum atomic E-state index is 12.7. The van der Waals surface area contributed by atoms with Crippen molar-refractivity contribution in [2.45, 2.75) is 6.42 Å². The number of hydrogen-bond donors (Lipinski definition) is 1. The second kappa shape index (κ2) is 7.82. The Labute approximate surface area is 171 Å². The summed E-state index contributed by atoms with van der Waals surface area (Å²) in [4.78, 5) is 38.6. The van der Waals surface area contributed by atoms with Gasteiger partial charge in [-0.15, -0.1) is 0 Å². The molecule has 0 radical (unpaired) electrons. The van der Waals surface area contributed by atoms with Gasteiger partial charge < -0.3 is 15.0 Å². The number of hydrogen-bond acceptors (Lipinski definition) is 6. The van der Waals surface area contributed by atoms with Crippen LogP contribution in [0.1, 0.15) is 6.42 Å². The van der Waals surface area contributed by atoms with Crippen molar-refractivity contribution < 1.29 is 14.3 Å². The van der Waals surface area contributed by atoms with Gasteiger partial charge in [0.15, 0.2) is 0 Å². The summed E-state index contributed by atoms with van der Waals surface area (Å²) < 4.78 is 7.49. The lowest BCUT2D eigenvalue weighted by atomic mass is 10.1. The van der Waals surface area contributed by atoms with Crippen molar-refractivity contribution in [3.8, 4) is 11.4 Å². The monoisotopic (exact) mass is 408 g/mol. The van der Waals surface area contributed by atoms with E-state index in [4.69, 9.17) is 4.74 Å². The smallest absolute Gasteiger partial charge is 0.368 e. The van der Waals surface area contributed by atoms with Gasteiger partial charge in [0.2, 0.25) is 11.8 Å². The van der Waals surface area contributed by atoms with Crippen LogP contribution in [0.2, 0.25) is 0 Å². The number of rotatable bonds is 5. The Kier molecular flexibility index (Phi) is 5.05. The molecule has 1 unspecified atom stereocenters. The molecule has 0 saturated carbocycles. The highest BCUT2D eigenvalue weighted by atomic mass is 16.5. The van der Waals surface area contributed by atoms with Crippen LogP contribution in [0.3, 0.4) is 0 Å². The van der Waals surface area contributed by atoms with Crippen LogP contribution in [0.4, 0.5) is 11.4 Å². The summed E-state index contributed by atoms with van der Waals surface area (Å²) in [7, 11) is 3.07. The molecule has 154 valence electrons. The highest BCUT2D eigenvalue weighted by molar-refractivity contribution is 6.03. The average Bonchev–Trinajstić information content (AvgIpc) is 3.31. The lowest BCUT2D eigenvalue weighted by molar-refractivity contribution is -0.122. The molecular weight excluding hydrogens is 388 g/mol. The molecule has 2 amide bonds. The van der Waals surface area contributed by atoms with Crippen molar-refractivity contribution in [3.63, 3.8) is 0 Å². The summed E-state index contributed by atoms with van der Waals surface area (Å²) in [6.45, 7) is 0.297. The number of methoxy groups -OCH3 is 1. The number of nitrogens with zero attached hydrogens (tertiary/aromatic N) is 5. The number of benzene rings is 2. The SMILES string of the molecule is COc1cccc(N2CC(C(=O)Nc3ccc(-n4nnn(C)c4=O)cc3)CC2=O)c1. The standard InChI is InChI=1S/C20H20N6O4/c1-24-20(29)26(23-22-24)15-8-6-14(7-9-15)21-19(28)13-10-18(27)25(12-13)16-4-3-5-17(11-16)30-2/h3-9,11,13H,10,12H2,1-2H3,(H,21,28). The molecule has 4 rings (SSSR count). The van der Waals surface area contributed by atoms with E-state index in [9.17, 15) is 14.4 Å². The molecule has 0 aliphatic carbocycles. The fraction of sp³-hybridized carbons (Fsp3) is 0.250. The molecule has 30 heavy (non-hydrogen) atoms. The summed E-state index contributed by atoms with van der Waals surface area (Å²) in [6, 6.07) is 13.9. The van der Waals surface area contributed by atoms with Gasteiger partial charge in [-0.1, -0.05) is 6.07 Å². The molecule has 2 heterocycles. The van der Waals surface area contributed by atoms with Gasteiger partial charge >= 0.3 is 5.69 Å². The van der Waals surface area contributed by atoms with Crippen molar-refractivity contribution in [1.82, 2.24) is 19.8 Å². The van der Waals surface area contributed by atoms with Gasteiger partial charge in [0.25, 0.3) is 0 Å². The number of nitrogens with one attached hydrogen (secondary N) is 1. The first kappa shape index (κ1) is 19.4. The van der Waals surface area contributed by atoms with Crippen LogP contribution in [0, 0.1) is 5.92 Å². The third kappa shape index (κ3) is 3.66. The van der Waals surface area contributed by atoms with Crippen molar-refractivity contribution in [2.24, 2.45) is 13.0 Å². The quantitative estimate of drug-likeness (QED) is 0.673. The maximum Gasteiger partial charge on any atom is 0.368 e. The van der Waals surface area contributed by atoms with Crippen molar-refractivity contribution in [1.29, 1.82) is 0 Å². The zero-order valence-electron chi connectivity index (χ0n) is 16.5. The van der Waals surface area contributed by atoms with Gasteiger partial charge in [-0.05, 0) is 46.8 Å². The molecule has 0 spiro atoms. The summed E-state index contributed by atoms with van der Waals surface area (Å²) in [5.41, 5.74) is 1.43. The topological polar surface area (TPSA) is 111 Å². The number of carbonyl (C=O) groups excluding carboxylic acids is 2. The second-order valence-corrected chi connectivity index (χ2v) is 6.94. The molecule has 2 aromatic carbocycles. The molecule has 1 aromatic heterocycles. The second-order valence-electron chi connectivity index (χ2n) is 6.94. The van der Waals surface area contributed by atoms with Crippen molar-refractivity contribution in [3.05, 3.63) is 59.0 Å². The Bertz CT molecular complexity index is 1150. The van der Waals surface area contributed by atoms with E-state index in [0.717, 1.165) is 9.36 Å². The lowest BCUT2D eigenvalue weighted by Crippen LogP contribution is -2.28. The Morgan fingerprint density at radius 1 is 1.10 bits per heavy atom. The minimum absolute atomic E-state index is 0.110. The molecule has 10 nitrogen and oxygen atoms in total. The van der Waals surface area contributed by atoms with Gasteiger partial charge in [0.1, 0.15) is 5.75 Å². The zero-order valence-corrected chi connectivity index (χ0v) is 16.5. The van der Waals surface area contributed by atoms with Crippen LogP contribution in [0.25, 0.3) is 5.69 Å². The van der Waals surface area contributed by atoms with Crippen LogP contribution >= 0.6 is 0 Å². The lowest BCUT2D eigenvalue weighted by Gasteiger charge is -2.17. The normalized spacial score (nSPS) is 16.0. The van der Waals surface area contributed by atoms with Crippen LogP contribution in [-0.4, -0.2) is 45.3 Å². The molecule has 1 aliphatic rings. The van der Waals surface area contributed by atoms with Crippen molar-refractivity contribution >= 4 is 23.2 Å². The van der Waals surface area contributed by atoms with Crippen LogP contribution < -0.4 is 20.6 Å². The summed E-state index contributed by atoms with van der Waals surface area (Å²) >= 11 is 0. The minimum Gasteiger partial charge on any atom is -0.497 e. The van der Waals surface area contributed by atoms with Crippen LogP contribution in [0.15, 0.2) is 53.3 Å². The predicted molar refractivity (Wildman–Crippen MR) is 109 cm³/mol. The van der Waals surface area contributed by atoms with E-state index in [0.29, 0.717) is 29.4 Å². The molecule has 10 heteroatoms. The maximum absolute atomic E-state index is 12.7. The number of ether oxygens (including phenoxy) is 1. The number of amides is 2. The van der Waals surface area contributed by atoms with Gasteiger partial charge in [0, 0.05) is 37.5 Å². The first-order valence-electron chi connectivity index (χ1n) is 9.31. The van der Waals surface area contributed by atoms with E-state index in [-0.39, 0.29) is 23.9 Å². The fourth-order valence-electron chi connectivity index (χ4n) is 3.32. The highest BCUT2D eigenvalue weighted by Gasteiger charge is 2.35. The van der Waals surface area contributed by atoms with E-state index in [1.165, 1.54) is 7.05 Å². The summed E-state index contributed by atoms with van der Waals surface area (Å²) in [5, 5.41) is 10.3. The fourth-order valence-corrected chi connectivity index (χ4v) is 3.32. The van der Waals surface area contributed by atoms with Crippen LogP contribution in [0.5, 0.6) is 5.75 Å². The number of aromatic nitrogens is 4. The molecule has 1 atom stereocenters. The number of carbonyl (C=O) groups is 2. The largest absolute Gasteiger partial charge is 0.497 e. The Morgan fingerprint density at radius 3 is 2.53 bits per heavy atom. The molecular formula is C20H20N6O4. The van der Waals surface area contributed by atoms with Gasteiger partial charge in [0.05, 0.1) is 18.7 Å². The molecule has 0 bridgehead atoms. The number of anilines is 2. The van der Waals surface area contributed by atoms with E-state index in [2.05, 4.69) is 15.7 Å². The third-order valence-electron chi connectivity index (χ3n) is 4.96. The summed E-state index contributed by atoms with van der Waals surface area (Å²) in [5.74, 6) is -0.166. The molecule has 1 aliphatic heterocycles.